The molecule has 148 valence electrons. The van der Waals surface area contributed by atoms with Crippen LogP contribution in [0.3, 0.4) is 0 Å². The molecule has 1 aromatic carbocycles. The molecule has 0 amide bonds. The lowest BCUT2D eigenvalue weighted by Crippen LogP contribution is -2.34. The zero-order chi connectivity index (χ0) is 20.5. The van der Waals surface area contributed by atoms with Crippen molar-refractivity contribution in [3.05, 3.63) is 54.5 Å². The maximum Gasteiger partial charge on any atom is 0.146 e. The van der Waals surface area contributed by atoms with Crippen LogP contribution in [0.25, 0.3) is 32.9 Å². The first-order valence-electron chi connectivity index (χ1n) is 10.2. The van der Waals surface area contributed by atoms with E-state index >= 15 is 0 Å². The number of aromatic nitrogens is 3. The largest absolute Gasteiger partial charge is 0.356 e. The molecule has 6 heteroatoms. The van der Waals surface area contributed by atoms with Gasteiger partial charge in [-0.15, -0.1) is 0 Å². The first-order valence-corrected chi connectivity index (χ1v) is 10.2. The van der Waals surface area contributed by atoms with E-state index < -0.39 is 0 Å². The van der Waals surface area contributed by atoms with Crippen molar-refractivity contribution in [2.24, 2.45) is 5.92 Å². The predicted octanol–water partition coefficient (Wildman–Crippen LogP) is 4.46. The number of H-pyrrole nitrogens is 1. The molecule has 1 saturated heterocycles. The lowest BCUT2D eigenvalue weighted by molar-refractivity contribution is -0.108. The fourth-order valence-electron chi connectivity index (χ4n) is 4.39. The Morgan fingerprint density at radius 2 is 1.97 bits per heavy atom. The minimum Gasteiger partial charge on any atom is -0.356 e. The second kappa shape index (κ2) is 7.60. The van der Waals surface area contributed by atoms with Gasteiger partial charge in [0.25, 0.3) is 0 Å². The molecular formula is C24H21N5O. The Morgan fingerprint density at radius 3 is 2.77 bits per heavy atom. The highest BCUT2D eigenvalue weighted by Crippen LogP contribution is 2.32. The smallest absolute Gasteiger partial charge is 0.146 e. The number of carbonyl (C=O) groups excluding carboxylic acids is 1. The first kappa shape index (κ1) is 18.3. The highest BCUT2D eigenvalue weighted by Gasteiger charge is 2.22. The van der Waals surface area contributed by atoms with Gasteiger partial charge in [0.1, 0.15) is 18.2 Å². The summed E-state index contributed by atoms with van der Waals surface area (Å²) in [7, 11) is 0. The Morgan fingerprint density at radius 1 is 1.10 bits per heavy atom. The van der Waals surface area contributed by atoms with E-state index in [1.807, 2.05) is 24.5 Å². The van der Waals surface area contributed by atoms with Gasteiger partial charge in [-0.05, 0) is 42.5 Å². The molecule has 0 spiro atoms. The summed E-state index contributed by atoms with van der Waals surface area (Å²) in [5.41, 5.74) is 4.62. The Kier molecular flexibility index (Phi) is 4.64. The number of carbonyl (C=O) groups is 1. The molecule has 0 bridgehead atoms. The third-order valence-electron chi connectivity index (χ3n) is 6.06. The molecule has 0 unspecified atom stereocenters. The zero-order valence-electron chi connectivity index (χ0n) is 16.5. The van der Waals surface area contributed by atoms with Gasteiger partial charge in [-0.25, -0.2) is 4.98 Å². The number of nitriles is 1. The van der Waals surface area contributed by atoms with Crippen LogP contribution in [0.1, 0.15) is 24.8 Å². The van der Waals surface area contributed by atoms with Gasteiger partial charge in [-0.2, -0.15) is 5.26 Å². The van der Waals surface area contributed by atoms with Gasteiger partial charge in [0.2, 0.25) is 0 Å². The maximum absolute atomic E-state index is 10.8. The molecule has 5 rings (SSSR count). The van der Waals surface area contributed by atoms with Crippen molar-refractivity contribution >= 4 is 33.9 Å². The fourth-order valence-corrected chi connectivity index (χ4v) is 4.39. The van der Waals surface area contributed by atoms with E-state index in [4.69, 9.17) is 0 Å². The van der Waals surface area contributed by atoms with E-state index in [0.29, 0.717) is 17.9 Å². The number of pyridine rings is 2. The molecule has 1 aliphatic heterocycles. The lowest BCUT2D eigenvalue weighted by Gasteiger charge is -2.32. The quantitative estimate of drug-likeness (QED) is 0.516. The monoisotopic (exact) mass is 395 g/mol. The molecule has 1 aliphatic rings. The molecule has 30 heavy (non-hydrogen) atoms. The van der Waals surface area contributed by atoms with Crippen molar-refractivity contribution in [2.45, 2.75) is 19.3 Å². The number of aromatic amines is 1. The molecule has 6 nitrogen and oxygen atoms in total. The van der Waals surface area contributed by atoms with Gasteiger partial charge in [0.05, 0.1) is 5.56 Å². The SMILES string of the molecule is N#Cc1cc(-c2ccc3c(c2)[nH]c2ccncc23)cnc1N1CCC(CC=O)CC1. The number of aldehydes is 1. The summed E-state index contributed by atoms with van der Waals surface area (Å²) >= 11 is 0. The van der Waals surface area contributed by atoms with Gasteiger partial charge in [-0.1, -0.05) is 12.1 Å². The number of hydrogen-bond donors (Lipinski definition) is 1. The van der Waals surface area contributed by atoms with Crippen molar-refractivity contribution in [3.63, 3.8) is 0 Å². The van der Waals surface area contributed by atoms with Crippen LogP contribution in [0.15, 0.2) is 48.9 Å². The Balaban J connectivity index is 1.46. The number of benzene rings is 1. The van der Waals surface area contributed by atoms with Crippen LogP contribution in [-0.4, -0.2) is 34.3 Å². The molecule has 1 fully saturated rings. The van der Waals surface area contributed by atoms with Crippen LogP contribution in [0.4, 0.5) is 5.82 Å². The Labute approximate surface area is 174 Å². The number of hydrogen-bond acceptors (Lipinski definition) is 5. The first-order chi connectivity index (χ1) is 14.8. The molecule has 1 N–H and O–H groups in total. The second-order valence-corrected chi connectivity index (χ2v) is 7.85. The third kappa shape index (κ3) is 3.18. The van der Waals surface area contributed by atoms with E-state index in [-0.39, 0.29) is 0 Å². The van der Waals surface area contributed by atoms with Gasteiger partial charge >= 0.3 is 0 Å². The van der Waals surface area contributed by atoms with E-state index in [1.54, 1.807) is 6.20 Å². The van der Waals surface area contributed by atoms with Gasteiger partial charge in [-0.3, -0.25) is 4.98 Å². The summed E-state index contributed by atoms with van der Waals surface area (Å²) in [6.07, 6.45) is 9.04. The van der Waals surface area contributed by atoms with Gasteiger partial charge < -0.3 is 14.7 Å². The predicted molar refractivity (Wildman–Crippen MR) is 117 cm³/mol. The molecule has 3 aromatic heterocycles. The van der Waals surface area contributed by atoms with Crippen LogP contribution in [0.5, 0.6) is 0 Å². The molecule has 0 saturated carbocycles. The summed E-state index contributed by atoms with van der Waals surface area (Å²) in [4.78, 5) is 25.2. The average molecular weight is 395 g/mol. The van der Waals surface area contributed by atoms with Crippen LogP contribution in [0.2, 0.25) is 0 Å². The molecule has 0 aliphatic carbocycles. The number of anilines is 1. The van der Waals surface area contributed by atoms with Crippen molar-refractivity contribution in [3.8, 4) is 17.2 Å². The van der Waals surface area contributed by atoms with E-state index in [0.717, 1.165) is 71.0 Å². The highest BCUT2D eigenvalue weighted by molar-refractivity contribution is 6.07. The minimum atomic E-state index is 0.446. The van der Waals surface area contributed by atoms with Crippen molar-refractivity contribution in [1.29, 1.82) is 5.26 Å². The fraction of sp³-hybridized carbons (Fsp3) is 0.250. The highest BCUT2D eigenvalue weighted by atomic mass is 16.1. The summed E-state index contributed by atoms with van der Waals surface area (Å²) in [5.74, 6) is 1.19. The summed E-state index contributed by atoms with van der Waals surface area (Å²) in [6, 6.07) is 12.5. The van der Waals surface area contributed by atoms with E-state index in [2.05, 4.69) is 44.1 Å². The Bertz CT molecular complexity index is 1280. The minimum absolute atomic E-state index is 0.446. The van der Waals surface area contributed by atoms with E-state index in [9.17, 15) is 10.1 Å². The number of rotatable bonds is 4. The maximum atomic E-state index is 10.8. The van der Waals surface area contributed by atoms with Gasteiger partial charge in [0, 0.05) is 65.5 Å². The van der Waals surface area contributed by atoms with Crippen LogP contribution in [0, 0.1) is 17.2 Å². The molecule has 0 atom stereocenters. The average Bonchev–Trinajstić information content (AvgIpc) is 3.17. The number of nitrogens with zero attached hydrogens (tertiary/aromatic N) is 4. The number of piperidine rings is 1. The molecular weight excluding hydrogens is 374 g/mol. The second-order valence-electron chi connectivity index (χ2n) is 7.85. The number of nitrogens with one attached hydrogen (secondary N) is 1. The van der Waals surface area contributed by atoms with Crippen LogP contribution < -0.4 is 4.90 Å². The Hall–Kier alpha value is -3.72. The van der Waals surface area contributed by atoms with E-state index in [1.165, 1.54) is 0 Å². The summed E-state index contributed by atoms with van der Waals surface area (Å²) in [6.45, 7) is 1.66. The zero-order valence-corrected chi connectivity index (χ0v) is 16.5. The van der Waals surface area contributed by atoms with Crippen LogP contribution in [-0.2, 0) is 4.79 Å². The topological polar surface area (TPSA) is 85.7 Å². The van der Waals surface area contributed by atoms with Crippen molar-refractivity contribution in [1.82, 2.24) is 15.0 Å². The molecule has 0 radical (unpaired) electrons. The summed E-state index contributed by atoms with van der Waals surface area (Å²) in [5, 5.41) is 12.0. The number of fused-ring (bicyclic) bond motifs is 3. The van der Waals surface area contributed by atoms with Crippen molar-refractivity contribution < 1.29 is 4.79 Å². The standard InChI is InChI=1S/C24H21N5O/c25-13-18-11-19(14-27-24(18)29-8-4-16(5-9-29)6-10-30)17-1-2-20-21-15-26-7-3-22(21)28-23(20)12-17/h1-3,7,10-12,14-16,28H,4-6,8-9H2. The molecule has 4 heterocycles. The normalized spacial score (nSPS) is 14.8. The third-order valence-corrected chi connectivity index (χ3v) is 6.06. The van der Waals surface area contributed by atoms with Crippen molar-refractivity contribution in [2.75, 3.05) is 18.0 Å². The summed E-state index contributed by atoms with van der Waals surface area (Å²) < 4.78 is 0. The van der Waals surface area contributed by atoms with Gasteiger partial charge in [0.15, 0.2) is 0 Å². The molecule has 4 aromatic rings. The lowest BCUT2D eigenvalue weighted by atomic mass is 9.94. The van der Waals surface area contributed by atoms with Crippen LogP contribution >= 0.6 is 0 Å².